The van der Waals surface area contributed by atoms with Crippen molar-refractivity contribution < 1.29 is 14.5 Å². The summed E-state index contributed by atoms with van der Waals surface area (Å²) in [4.78, 5) is 32.1. The highest BCUT2D eigenvalue weighted by atomic mass is 16.6. The molecule has 0 radical (unpaired) electrons. The second kappa shape index (κ2) is 8.48. The first kappa shape index (κ1) is 19.8. The maximum atomic E-state index is 12.8. The topological polar surface area (TPSA) is 105 Å². The van der Waals surface area contributed by atoms with Gasteiger partial charge in [-0.05, 0) is 24.2 Å². The third-order valence-electron chi connectivity index (χ3n) is 5.36. The molecule has 9 heteroatoms. The van der Waals surface area contributed by atoms with Crippen LogP contribution in [0.1, 0.15) is 41.3 Å². The highest BCUT2D eigenvalue weighted by Gasteiger charge is 2.26. The number of rotatable bonds is 6. The molecule has 30 heavy (non-hydrogen) atoms. The first-order valence-corrected chi connectivity index (χ1v) is 10.0. The van der Waals surface area contributed by atoms with Gasteiger partial charge in [-0.15, -0.1) is 0 Å². The normalized spacial score (nSPS) is 13.5. The molecule has 0 amide bonds. The third-order valence-corrected chi connectivity index (χ3v) is 5.36. The zero-order valence-electron chi connectivity index (χ0n) is 16.8. The van der Waals surface area contributed by atoms with Crippen LogP contribution < -0.4 is 0 Å². The van der Waals surface area contributed by atoms with Crippen molar-refractivity contribution in [3.05, 3.63) is 63.9 Å². The van der Waals surface area contributed by atoms with E-state index >= 15 is 0 Å². The number of aromatic nitrogens is 4. The van der Waals surface area contributed by atoms with Crippen LogP contribution in [0.4, 0.5) is 5.82 Å². The summed E-state index contributed by atoms with van der Waals surface area (Å²) in [5.74, 6) is 0.662. The predicted molar refractivity (Wildman–Crippen MR) is 109 cm³/mol. The summed E-state index contributed by atoms with van der Waals surface area (Å²) < 4.78 is 9.02. The molecule has 0 saturated carbocycles. The fourth-order valence-electron chi connectivity index (χ4n) is 3.87. The molecule has 0 bridgehead atoms. The first-order chi connectivity index (χ1) is 14.6. The summed E-state index contributed by atoms with van der Waals surface area (Å²) in [5.41, 5.74) is 2.21. The van der Waals surface area contributed by atoms with Crippen LogP contribution in [0.3, 0.4) is 0 Å². The van der Waals surface area contributed by atoms with E-state index in [2.05, 4.69) is 14.5 Å². The molecular formula is C21H23N5O4. The van der Waals surface area contributed by atoms with Crippen LogP contribution in [-0.4, -0.2) is 36.6 Å². The number of carbonyl (C=O) groups excluding carboxylic acids is 1. The van der Waals surface area contributed by atoms with E-state index in [1.165, 1.54) is 10.8 Å². The van der Waals surface area contributed by atoms with E-state index in [4.69, 9.17) is 4.74 Å². The van der Waals surface area contributed by atoms with Gasteiger partial charge in [-0.2, -0.15) is 0 Å². The Morgan fingerprint density at radius 2 is 2.03 bits per heavy atom. The number of fused-ring (bicyclic) bond motifs is 1. The molecule has 1 aliphatic heterocycles. The van der Waals surface area contributed by atoms with Gasteiger partial charge in [-0.25, -0.2) is 19.3 Å². The molecule has 0 atom stereocenters. The highest BCUT2D eigenvalue weighted by Crippen LogP contribution is 2.27. The Labute approximate surface area is 173 Å². The van der Waals surface area contributed by atoms with E-state index in [0.717, 1.165) is 49.3 Å². The molecule has 0 N–H and O–H groups in total. The Hall–Kier alpha value is -3.49. The van der Waals surface area contributed by atoms with Crippen molar-refractivity contribution in [3.8, 4) is 11.4 Å². The van der Waals surface area contributed by atoms with Crippen molar-refractivity contribution in [2.75, 3.05) is 6.61 Å². The molecule has 3 heterocycles. The van der Waals surface area contributed by atoms with Crippen molar-refractivity contribution in [2.24, 2.45) is 0 Å². The summed E-state index contributed by atoms with van der Waals surface area (Å²) >= 11 is 0. The summed E-state index contributed by atoms with van der Waals surface area (Å²) in [6.07, 6.45) is 5.13. The molecule has 156 valence electrons. The van der Waals surface area contributed by atoms with Gasteiger partial charge in [0.1, 0.15) is 25.2 Å². The van der Waals surface area contributed by atoms with Crippen molar-refractivity contribution in [1.82, 2.24) is 19.1 Å². The maximum absolute atomic E-state index is 12.8. The fourth-order valence-corrected chi connectivity index (χ4v) is 3.87. The SMILES string of the molecule is Cc1ncc([N+](=O)[O-])n1CCOC(=O)c1nc(-c2ccccc2)n2c1CCCCC2. The average molecular weight is 409 g/mol. The summed E-state index contributed by atoms with van der Waals surface area (Å²) in [6, 6.07) is 9.81. The third kappa shape index (κ3) is 3.83. The molecule has 3 aromatic rings. The lowest BCUT2D eigenvalue weighted by Gasteiger charge is -2.09. The van der Waals surface area contributed by atoms with E-state index < -0.39 is 10.9 Å². The van der Waals surface area contributed by atoms with Crippen LogP contribution in [0.5, 0.6) is 0 Å². The lowest BCUT2D eigenvalue weighted by molar-refractivity contribution is -0.392. The van der Waals surface area contributed by atoms with Gasteiger partial charge < -0.3 is 19.4 Å². The number of benzene rings is 1. The number of nitro groups is 1. The number of nitrogens with zero attached hydrogens (tertiary/aromatic N) is 5. The van der Waals surface area contributed by atoms with E-state index in [0.29, 0.717) is 11.5 Å². The molecule has 4 rings (SSSR count). The van der Waals surface area contributed by atoms with Crippen LogP contribution in [0.25, 0.3) is 11.4 Å². The molecule has 1 aliphatic rings. The van der Waals surface area contributed by atoms with Gasteiger partial charge >= 0.3 is 11.8 Å². The Bertz CT molecular complexity index is 1070. The van der Waals surface area contributed by atoms with Gasteiger partial charge in [0, 0.05) is 19.0 Å². The molecule has 0 fully saturated rings. The van der Waals surface area contributed by atoms with Gasteiger partial charge in [-0.3, -0.25) is 0 Å². The zero-order chi connectivity index (χ0) is 21.1. The predicted octanol–water partition coefficient (Wildman–Crippen LogP) is 3.55. The minimum atomic E-state index is -0.497. The number of aryl methyl sites for hydroxylation is 1. The van der Waals surface area contributed by atoms with Crippen molar-refractivity contribution in [3.63, 3.8) is 0 Å². The fraction of sp³-hybridized carbons (Fsp3) is 0.381. The van der Waals surface area contributed by atoms with E-state index in [9.17, 15) is 14.9 Å². The zero-order valence-corrected chi connectivity index (χ0v) is 16.8. The Balaban J connectivity index is 1.55. The average Bonchev–Trinajstić information content (AvgIpc) is 3.20. The van der Waals surface area contributed by atoms with Gasteiger partial charge in [0.2, 0.25) is 0 Å². The number of esters is 1. The van der Waals surface area contributed by atoms with E-state index in [1.807, 2.05) is 30.3 Å². The smallest absolute Gasteiger partial charge is 0.358 e. The quantitative estimate of drug-likeness (QED) is 0.350. The Kier molecular flexibility index (Phi) is 5.60. The minimum Gasteiger partial charge on any atom is -0.457 e. The summed E-state index contributed by atoms with van der Waals surface area (Å²) in [6.45, 7) is 2.66. The van der Waals surface area contributed by atoms with Gasteiger partial charge in [0.15, 0.2) is 11.5 Å². The van der Waals surface area contributed by atoms with Gasteiger partial charge in [0.05, 0.1) is 5.69 Å². The number of hydrogen-bond acceptors (Lipinski definition) is 6. The van der Waals surface area contributed by atoms with Crippen LogP contribution in [0, 0.1) is 17.0 Å². The lowest BCUT2D eigenvalue weighted by Crippen LogP contribution is -2.15. The molecule has 0 spiro atoms. The molecule has 9 nitrogen and oxygen atoms in total. The van der Waals surface area contributed by atoms with Crippen LogP contribution >= 0.6 is 0 Å². The van der Waals surface area contributed by atoms with Gasteiger partial charge in [-0.1, -0.05) is 36.8 Å². The van der Waals surface area contributed by atoms with Crippen LogP contribution in [-0.2, 0) is 24.2 Å². The lowest BCUT2D eigenvalue weighted by atomic mass is 10.1. The summed E-state index contributed by atoms with van der Waals surface area (Å²) in [5, 5.41) is 11.1. The molecule has 0 unspecified atom stereocenters. The molecule has 2 aromatic heterocycles. The first-order valence-electron chi connectivity index (χ1n) is 10.0. The largest absolute Gasteiger partial charge is 0.457 e. The number of imidazole rings is 2. The van der Waals surface area contributed by atoms with Crippen LogP contribution in [0.2, 0.25) is 0 Å². The van der Waals surface area contributed by atoms with Crippen molar-refractivity contribution >= 4 is 11.8 Å². The second-order valence-corrected chi connectivity index (χ2v) is 7.27. The van der Waals surface area contributed by atoms with E-state index in [1.54, 1.807) is 6.92 Å². The highest BCUT2D eigenvalue weighted by molar-refractivity contribution is 5.89. The maximum Gasteiger partial charge on any atom is 0.358 e. The second-order valence-electron chi connectivity index (χ2n) is 7.27. The standard InChI is InChI=1S/C21H23N5O4/c1-15-22-14-18(26(28)29)24(15)12-13-30-21(27)19-17-10-6-3-7-11-25(17)20(23-19)16-8-4-2-5-9-16/h2,4-5,8-9,14H,3,6-7,10-13H2,1H3. The minimum absolute atomic E-state index is 0.00381. The monoisotopic (exact) mass is 409 g/mol. The molecular weight excluding hydrogens is 386 g/mol. The van der Waals surface area contributed by atoms with Gasteiger partial charge in [0.25, 0.3) is 0 Å². The van der Waals surface area contributed by atoms with Crippen molar-refractivity contribution in [2.45, 2.75) is 45.7 Å². The Morgan fingerprint density at radius 3 is 2.80 bits per heavy atom. The van der Waals surface area contributed by atoms with E-state index in [-0.39, 0.29) is 19.0 Å². The summed E-state index contributed by atoms with van der Waals surface area (Å²) in [7, 11) is 0. The van der Waals surface area contributed by atoms with Crippen LogP contribution in [0.15, 0.2) is 36.5 Å². The number of hydrogen-bond donors (Lipinski definition) is 0. The molecule has 1 aromatic carbocycles. The number of carbonyl (C=O) groups is 1. The molecule has 0 aliphatic carbocycles. The number of ether oxygens (including phenoxy) is 1. The van der Waals surface area contributed by atoms with Crippen molar-refractivity contribution in [1.29, 1.82) is 0 Å². The Morgan fingerprint density at radius 1 is 1.23 bits per heavy atom. The molecule has 0 saturated heterocycles.